The van der Waals surface area contributed by atoms with Crippen molar-refractivity contribution >= 4 is 23.5 Å². The number of allylic oxidation sites excluding steroid dienone is 2. The minimum absolute atomic E-state index is 0.00925. The maximum atomic E-state index is 12.9. The highest BCUT2D eigenvalue weighted by atomic mass is 16.6. The molecule has 0 spiro atoms. The van der Waals surface area contributed by atoms with Crippen LogP contribution in [0.2, 0.25) is 0 Å². The number of β-lactam (4-membered cyclic amide) rings is 1. The Morgan fingerprint density at radius 1 is 1.29 bits per heavy atom. The standard InChI is InChI=1S/C21H20N4O6/c26-19-12(5-6-23(19)10-11-1-3-15(4-2-11)25(30)31)7-13-8-14-9-22-16-17(14)24(20(16)27)18(13)21(28)29/h1-4,7,14,16-17,22H,5-6,8-10H2,(H,28,29)/b12-7+/t14-,16+,17-/m1/s1. The molecule has 3 saturated heterocycles. The predicted octanol–water partition coefficient (Wildman–Crippen LogP) is 0.795. The fourth-order valence-corrected chi connectivity index (χ4v) is 5.06. The zero-order valence-electron chi connectivity index (χ0n) is 16.5. The lowest BCUT2D eigenvalue weighted by atomic mass is 9.79. The highest BCUT2D eigenvalue weighted by Gasteiger charge is 2.59. The van der Waals surface area contributed by atoms with E-state index in [4.69, 9.17) is 0 Å². The van der Waals surface area contributed by atoms with E-state index in [1.165, 1.54) is 17.0 Å². The van der Waals surface area contributed by atoms with Crippen molar-refractivity contribution in [2.75, 3.05) is 13.1 Å². The molecule has 2 N–H and O–H groups in total. The quantitative estimate of drug-likeness (QED) is 0.309. The molecular formula is C21H20N4O6. The summed E-state index contributed by atoms with van der Waals surface area (Å²) in [5, 5.41) is 23.7. The smallest absolute Gasteiger partial charge is 0.352 e. The Morgan fingerprint density at radius 2 is 2.03 bits per heavy atom. The summed E-state index contributed by atoms with van der Waals surface area (Å²) in [7, 11) is 0. The van der Waals surface area contributed by atoms with E-state index in [9.17, 15) is 29.6 Å². The van der Waals surface area contributed by atoms with Gasteiger partial charge in [0.1, 0.15) is 11.7 Å². The van der Waals surface area contributed by atoms with E-state index in [-0.39, 0.29) is 41.2 Å². The highest BCUT2D eigenvalue weighted by Crippen LogP contribution is 2.44. The third-order valence-corrected chi connectivity index (χ3v) is 6.54. The Morgan fingerprint density at radius 3 is 2.71 bits per heavy atom. The van der Waals surface area contributed by atoms with Crippen LogP contribution < -0.4 is 5.32 Å². The first-order valence-electron chi connectivity index (χ1n) is 10.1. The summed E-state index contributed by atoms with van der Waals surface area (Å²) in [6, 6.07) is 5.65. The van der Waals surface area contributed by atoms with Crippen LogP contribution in [0.25, 0.3) is 0 Å². The summed E-state index contributed by atoms with van der Waals surface area (Å²) in [4.78, 5) is 50.5. The molecule has 3 fully saturated rings. The number of carboxylic acid groups (broad SMARTS) is 1. The first-order valence-corrected chi connectivity index (χ1v) is 10.1. The van der Waals surface area contributed by atoms with Crippen LogP contribution in [0.3, 0.4) is 0 Å². The molecule has 2 amide bonds. The van der Waals surface area contributed by atoms with Gasteiger partial charge in [0.25, 0.3) is 5.69 Å². The lowest BCUT2D eigenvalue weighted by Crippen LogP contribution is -2.68. The molecular weight excluding hydrogens is 404 g/mol. The lowest BCUT2D eigenvalue weighted by Gasteiger charge is -2.48. The van der Waals surface area contributed by atoms with Gasteiger partial charge in [0, 0.05) is 37.3 Å². The van der Waals surface area contributed by atoms with Gasteiger partial charge in [-0.25, -0.2) is 4.79 Å². The number of carbonyl (C=O) groups is 3. The van der Waals surface area contributed by atoms with E-state index in [1.807, 2.05) is 0 Å². The molecule has 0 unspecified atom stereocenters. The number of non-ortho nitro benzene ring substituents is 1. The Labute approximate surface area is 177 Å². The number of carboxylic acids is 1. The number of nitro groups is 1. The predicted molar refractivity (Wildman–Crippen MR) is 106 cm³/mol. The number of hydrogen-bond donors (Lipinski definition) is 2. The Balaban J connectivity index is 1.37. The average Bonchev–Trinajstić information content (AvgIpc) is 3.30. The minimum atomic E-state index is -1.16. The van der Waals surface area contributed by atoms with E-state index in [1.54, 1.807) is 23.1 Å². The summed E-state index contributed by atoms with van der Waals surface area (Å²) in [6.07, 6.45) is 2.64. The van der Waals surface area contributed by atoms with E-state index >= 15 is 0 Å². The van der Waals surface area contributed by atoms with E-state index in [0.717, 1.165) is 5.56 Å². The van der Waals surface area contributed by atoms with Gasteiger partial charge < -0.3 is 15.3 Å². The van der Waals surface area contributed by atoms with Crippen molar-refractivity contribution in [3.8, 4) is 0 Å². The van der Waals surface area contributed by atoms with Gasteiger partial charge in [-0.15, -0.1) is 0 Å². The number of rotatable bonds is 5. The summed E-state index contributed by atoms with van der Waals surface area (Å²) in [5.74, 6) is -1.42. The molecule has 31 heavy (non-hydrogen) atoms. The van der Waals surface area contributed by atoms with Crippen LogP contribution in [0.4, 0.5) is 5.69 Å². The van der Waals surface area contributed by atoms with Crippen molar-refractivity contribution in [2.24, 2.45) is 5.92 Å². The van der Waals surface area contributed by atoms with Crippen LogP contribution in [-0.4, -0.2) is 62.8 Å². The van der Waals surface area contributed by atoms with Gasteiger partial charge in [-0.1, -0.05) is 12.1 Å². The second kappa shape index (κ2) is 7.02. The topological polar surface area (TPSA) is 133 Å². The maximum Gasteiger partial charge on any atom is 0.352 e. The number of nitrogens with zero attached hydrogens (tertiary/aromatic N) is 3. The van der Waals surface area contributed by atoms with Crippen LogP contribution in [0.15, 0.2) is 47.2 Å². The van der Waals surface area contributed by atoms with Crippen LogP contribution in [0, 0.1) is 16.0 Å². The summed E-state index contributed by atoms with van der Waals surface area (Å²) in [5.41, 5.74) is 1.79. The van der Waals surface area contributed by atoms with Crippen LogP contribution in [0.1, 0.15) is 18.4 Å². The number of amides is 2. The van der Waals surface area contributed by atoms with Crippen molar-refractivity contribution in [1.82, 2.24) is 15.1 Å². The second-order valence-corrected chi connectivity index (χ2v) is 8.30. The fraction of sp³-hybridized carbons (Fsp3) is 0.381. The number of benzene rings is 1. The molecule has 10 nitrogen and oxygen atoms in total. The molecule has 4 aliphatic rings. The molecule has 0 aromatic heterocycles. The van der Waals surface area contributed by atoms with Crippen LogP contribution >= 0.6 is 0 Å². The Kier molecular flexibility index (Phi) is 4.40. The third-order valence-electron chi connectivity index (χ3n) is 6.54. The SMILES string of the molecule is O=C(O)C1=C(/C=C2\CCN(Cc3ccc([N+](=O)[O-])cc3)C2=O)C[C@@H]2CN[C@@H]3C(=O)N1[C@H]23. The number of nitrogens with one attached hydrogen (secondary N) is 1. The number of aliphatic carboxylic acids is 1. The van der Waals surface area contributed by atoms with Gasteiger partial charge in [0.2, 0.25) is 11.8 Å². The molecule has 5 rings (SSSR count). The molecule has 1 aromatic carbocycles. The normalized spacial score (nSPS) is 28.3. The van der Waals surface area contributed by atoms with E-state index < -0.39 is 10.9 Å². The van der Waals surface area contributed by atoms with Gasteiger partial charge in [-0.05, 0) is 36.0 Å². The summed E-state index contributed by atoms with van der Waals surface area (Å²) < 4.78 is 0. The first kappa shape index (κ1) is 19.4. The molecule has 0 aliphatic carbocycles. The molecule has 0 saturated carbocycles. The number of nitro benzene ring substituents is 1. The Bertz CT molecular complexity index is 1080. The zero-order valence-corrected chi connectivity index (χ0v) is 16.5. The lowest BCUT2D eigenvalue weighted by molar-refractivity contribution is -0.384. The van der Waals surface area contributed by atoms with Gasteiger partial charge in [0.15, 0.2) is 0 Å². The van der Waals surface area contributed by atoms with E-state index in [2.05, 4.69) is 5.32 Å². The Hall–Kier alpha value is -3.53. The monoisotopic (exact) mass is 424 g/mol. The minimum Gasteiger partial charge on any atom is -0.477 e. The largest absolute Gasteiger partial charge is 0.477 e. The molecule has 10 heteroatoms. The van der Waals surface area contributed by atoms with Crippen molar-refractivity contribution in [2.45, 2.75) is 31.5 Å². The van der Waals surface area contributed by atoms with Gasteiger partial charge >= 0.3 is 5.97 Å². The fourth-order valence-electron chi connectivity index (χ4n) is 5.06. The van der Waals surface area contributed by atoms with Crippen molar-refractivity contribution in [1.29, 1.82) is 0 Å². The molecule has 1 aromatic rings. The van der Waals surface area contributed by atoms with Crippen molar-refractivity contribution in [3.05, 3.63) is 62.9 Å². The van der Waals surface area contributed by atoms with Crippen LogP contribution in [-0.2, 0) is 20.9 Å². The summed E-state index contributed by atoms with van der Waals surface area (Å²) in [6.45, 7) is 1.45. The highest BCUT2D eigenvalue weighted by molar-refractivity contribution is 6.02. The molecule has 160 valence electrons. The molecule has 0 radical (unpaired) electrons. The number of carbonyl (C=O) groups excluding carboxylic acids is 2. The van der Waals surface area contributed by atoms with Gasteiger partial charge in [0.05, 0.1) is 11.0 Å². The number of likely N-dealkylation sites (tertiary alicyclic amines) is 1. The molecule has 0 bridgehead atoms. The van der Waals surface area contributed by atoms with Crippen LogP contribution in [0.5, 0.6) is 0 Å². The van der Waals surface area contributed by atoms with Gasteiger partial charge in [-0.2, -0.15) is 0 Å². The first-order chi connectivity index (χ1) is 14.8. The number of hydrogen-bond acceptors (Lipinski definition) is 6. The van der Waals surface area contributed by atoms with E-state index in [0.29, 0.717) is 43.6 Å². The third kappa shape index (κ3) is 3.02. The molecule has 4 aliphatic heterocycles. The van der Waals surface area contributed by atoms with Crippen molar-refractivity contribution < 1.29 is 24.4 Å². The van der Waals surface area contributed by atoms with Gasteiger partial charge in [-0.3, -0.25) is 24.6 Å². The average molecular weight is 424 g/mol. The zero-order chi connectivity index (χ0) is 21.9. The van der Waals surface area contributed by atoms with Crippen molar-refractivity contribution in [3.63, 3.8) is 0 Å². The summed E-state index contributed by atoms with van der Waals surface area (Å²) >= 11 is 0. The second-order valence-electron chi connectivity index (χ2n) is 8.30. The molecule has 3 atom stereocenters. The molecule has 4 heterocycles. The maximum absolute atomic E-state index is 12.9.